The first-order chi connectivity index (χ1) is 13.4. The van der Waals surface area contributed by atoms with E-state index >= 15 is 0 Å². The monoisotopic (exact) mass is 398 g/mol. The van der Waals surface area contributed by atoms with Crippen LogP contribution in [-0.4, -0.2) is 46.4 Å². The summed E-state index contributed by atoms with van der Waals surface area (Å²) < 4.78 is 0. The van der Waals surface area contributed by atoms with Gasteiger partial charge in [-0.2, -0.15) is 0 Å². The largest absolute Gasteiger partial charge is 0.506 e. The number of likely N-dealkylation sites (tertiary alicyclic amines) is 2. The van der Waals surface area contributed by atoms with Crippen LogP contribution in [0.5, 0.6) is 5.75 Å². The van der Waals surface area contributed by atoms with E-state index in [4.69, 9.17) is 11.6 Å². The lowest BCUT2D eigenvalue weighted by molar-refractivity contribution is -0.131. The molecule has 2 saturated heterocycles. The topological polar surface area (TPSA) is 60.9 Å². The van der Waals surface area contributed by atoms with Crippen molar-refractivity contribution in [2.24, 2.45) is 11.8 Å². The van der Waals surface area contributed by atoms with Crippen molar-refractivity contribution in [3.8, 4) is 5.75 Å². The lowest BCUT2D eigenvalue weighted by Crippen LogP contribution is -2.37. The third-order valence-electron chi connectivity index (χ3n) is 5.93. The molecule has 2 aromatic rings. The van der Waals surface area contributed by atoms with E-state index in [1.54, 1.807) is 19.1 Å². The van der Waals surface area contributed by atoms with Crippen LogP contribution in [0.15, 0.2) is 48.5 Å². The summed E-state index contributed by atoms with van der Waals surface area (Å²) in [7, 11) is 0. The van der Waals surface area contributed by atoms with Gasteiger partial charge in [-0.15, -0.1) is 0 Å². The average molecular weight is 399 g/mol. The van der Waals surface area contributed by atoms with Crippen molar-refractivity contribution < 1.29 is 14.7 Å². The van der Waals surface area contributed by atoms with Crippen molar-refractivity contribution in [2.45, 2.75) is 19.4 Å². The second kappa shape index (κ2) is 7.47. The Morgan fingerprint density at radius 2 is 1.86 bits per heavy atom. The van der Waals surface area contributed by atoms with Crippen LogP contribution in [0.1, 0.15) is 24.1 Å². The fourth-order valence-electron chi connectivity index (χ4n) is 4.60. The predicted molar refractivity (Wildman–Crippen MR) is 107 cm³/mol. The summed E-state index contributed by atoms with van der Waals surface area (Å²) in [5.74, 6) is 0.695. The molecule has 3 atom stereocenters. The summed E-state index contributed by atoms with van der Waals surface area (Å²) in [5, 5.41) is 9.80. The van der Waals surface area contributed by atoms with Gasteiger partial charge in [0.05, 0.1) is 17.5 Å². The van der Waals surface area contributed by atoms with E-state index in [0.29, 0.717) is 25.6 Å². The maximum Gasteiger partial charge on any atom is 0.227 e. The Morgan fingerprint density at radius 3 is 2.54 bits per heavy atom. The second-order valence-electron chi connectivity index (χ2n) is 7.71. The van der Waals surface area contributed by atoms with Gasteiger partial charge in [0.25, 0.3) is 0 Å². The van der Waals surface area contributed by atoms with Crippen LogP contribution in [-0.2, 0) is 16.0 Å². The van der Waals surface area contributed by atoms with Crippen LogP contribution >= 0.6 is 11.6 Å². The van der Waals surface area contributed by atoms with Gasteiger partial charge in [-0.25, -0.2) is 0 Å². The van der Waals surface area contributed by atoms with Gasteiger partial charge in [0.2, 0.25) is 11.8 Å². The molecule has 2 heterocycles. The molecule has 0 saturated carbocycles. The Kier molecular flexibility index (Phi) is 5.02. The molecule has 1 N–H and O–H groups in total. The molecular weight excluding hydrogens is 376 g/mol. The molecule has 2 aliphatic rings. The van der Waals surface area contributed by atoms with Crippen molar-refractivity contribution in [3.05, 3.63) is 64.7 Å². The van der Waals surface area contributed by atoms with E-state index < -0.39 is 0 Å². The van der Waals surface area contributed by atoms with Gasteiger partial charge < -0.3 is 14.9 Å². The highest BCUT2D eigenvalue weighted by molar-refractivity contribution is 6.32. The van der Waals surface area contributed by atoms with Crippen molar-refractivity contribution in [2.75, 3.05) is 19.6 Å². The highest BCUT2D eigenvalue weighted by Crippen LogP contribution is 2.45. The smallest absolute Gasteiger partial charge is 0.227 e. The fraction of sp³-hybridized carbons (Fsp3) is 0.364. The third-order valence-corrected chi connectivity index (χ3v) is 6.23. The van der Waals surface area contributed by atoms with Crippen molar-refractivity contribution in [3.63, 3.8) is 0 Å². The molecule has 2 aromatic carbocycles. The number of carbonyl (C=O) groups is 2. The van der Waals surface area contributed by atoms with Gasteiger partial charge >= 0.3 is 0 Å². The zero-order valence-corrected chi connectivity index (χ0v) is 16.5. The molecule has 2 amide bonds. The number of nitrogens with zero attached hydrogens (tertiary/aromatic N) is 2. The van der Waals surface area contributed by atoms with Gasteiger partial charge in [-0.05, 0) is 23.3 Å². The molecule has 4 rings (SSSR count). The van der Waals surface area contributed by atoms with Crippen molar-refractivity contribution in [1.29, 1.82) is 0 Å². The molecule has 0 aromatic heterocycles. The minimum absolute atomic E-state index is 0.0172. The first-order valence-corrected chi connectivity index (χ1v) is 9.89. The number of phenolic OH excluding ortho intramolecular Hbond substituents is 1. The summed E-state index contributed by atoms with van der Waals surface area (Å²) in [6.07, 6.45) is 0.256. The average Bonchev–Trinajstić information content (AvgIpc) is 3.23. The van der Waals surface area contributed by atoms with E-state index in [1.807, 2.05) is 28.0 Å². The van der Waals surface area contributed by atoms with E-state index in [9.17, 15) is 14.7 Å². The summed E-state index contributed by atoms with van der Waals surface area (Å²) >= 11 is 5.96. The molecule has 0 spiro atoms. The Labute approximate surface area is 169 Å². The first kappa shape index (κ1) is 18.8. The van der Waals surface area contributed by atoms with Crippen LogP contribution in [0.2, 0.25) is 5.02 Å². The number of fused-ring (bicyclic) bond motifs is 1. The zero-order valence-electron chi connectivity index (χ0n) is 15.7. The second-order valence-corrected chi connectivity index (χ2v) is 8.12. The maximum atomic E-state index is 12.8. The Hall–Kier alpha value is -2.53. The normalized spacial score (nSPS) is 23.7. The van der Waals surface area contributed by atoms with Crippen molar-refractivity contribution >= 4 is 23.4 Å². The number of amides is 2. The molecule has 2 fully saturated rings. The first-order valence-electron chi connectivity index (χ1n) is 9.51. The molecule has 6 heteroatoms. The number of benzene rings is 2. The Bertz CT molecular complexity index is 902. The molecule has 2 aliphatic heterocycles. The van der Waals surface area contributed by atoms with Crippen molar-refractivity contribution in [1.82, 2.24) is 9.80 Å². The van der Waals surface area contributed by atoms with Gasteiger partial charge in [0.1, 0.15) is 5.75 Å². The number of hydrogen-bond acceptors (Lipinski definition) is 3. The Balaban J connectivity index is 1.50. The van der Waals surface area contributed by atoms with Crippen LogP contribution in [0.25, 0.3) is 0 Å². The fourth-order valence-corrected chi connectivity index (χ4v) is 4.80. The van der Waals surface area contributed by atoms with E-state index in [-0.39, 0.29) is 41.0 Å². The SMILES string of the molecule is CC(=O)N1C[C@H]2CN(C(=O)Cc3ccc(O)c(Cl)c3)C[C@H]2[C@@H]1c1ccccc1. The summed E-state index contributed by atoms with van der Waals surface area (Å²) in [6, 6.07) is 15.0. The number of hydrogen-bond donors (Lipinski definition) is 1. The van der Waals surface area contributed by atoms with Gasteiger partial charge in [-0.1, -0.05) is 48.0 Å². The Morgan fingerprint density at radius 1 is 1.11 bits per heavy atom. The number of phenols is 1. The molecule has 28 heavy (non-hydrogen) atoms. The molecule has 0 radical (unpaired) electrons. The van der Waals surface area contributed by atoms with Crippen LogP contribution in [0, 0.1) is 11.8 Å². The molecule has 0 aliphatic carbocycles. The summed E-state index contributed by atoms with van der Waals surface area (Å²) in [5.41, 5.74) is 1.92. The van der Waals surface area contributed by atoms with Gasteiger partial charge in [0, 0.05) is 38.4 Å². The number of aromatic hydroxyl groups is 1. The standard InChI is InChI=1S/C22H23ClN2O3/c1-14(26)25-12-17-11-24(13-18(17)22(25)16-5-3-2-4-6-16)21(28)10-15-7-8-20(27)19(23)9-15/h2-9,17-18,22,27H,10-13H2,1H3/t17-,18-,22+/m1/s1. The minimum Gasteiger partial charge on any atom is -0.506 e. The van der Waals surface area contributed by atoms with E-state index in [1.165, 1.54) is 6.07 Å². The van der Waals surface area contributed by atoms with Gasteiger partial charge in [-0.3, -0.25) is 9.59 Å². The highest BCUT2D eigenvalue weighted by Gasteiger charge is 2.49. The summed E-state index contributed by atoms with van der Waals surface area (Å²) in [4.78, 5) is 28.9. The molecule has 146 valence electrons. The lowest BCUT2D eigenvalue weighted by Gasteiger charge is -2.29. The van der Waals surface area contributed by atoms with Crippen LogP contribution < -0.4 is 0 Å². The number of carbonyl (C=O) groups excluding carboxylic acids is 2. The highest BCUT2D eigenvalue weighted by atomic mass is 35.5. The van der Waals surface area contributed by atoms with E-state index in [0.717, 1.165) is 11.1 Å². The number of halogens is 1. The molecular formula is C22H23ClN2O3. The molecule has 0 bridgehead atoms. The third kappa shape index (κ3) is 3.47. The van der Waals surface area contributed by atoms with Crippen LogP contribution in [0.4, 0.5) is 0 Å². The molecule has 5 nitrogen and oxygen atoms in total. The molecule has 0 unspecified atom stereocenters. The lowest BCUT2D eigenvalue weighted by atomic mass is 9.89. The maximum absolute atomic E-state index is 12.8. The predicted octanol–water partition coefficient (Wildman–Crippen LogP) is 3.27. The van der Waals surface area contributed by atoms with E-state index in [2.05, 4.69) is 12.1 Å². The summed E-state index contributed by atoms with van der Waals surface area (Å²) in [6.45, 7) is 3.63. The number of rotatable bonds is 3. The minimum atomic E-state index is 0.0172. The quantitative estimate of drug-likeness (QED) is 0.863. The van der Waals surface area contributed by atoms with Gasteiger partial charge in [0.15, 0.2) is 0 Å². The zero-order chi connectivity index (χ0) is 19.8. The van der Waals surface area contributed by atoms with Crippen LogP contribution in [0.3, 0.4) is 0 Å².